The molecule has 3 aromatic carbocycles. The highest BCUT2D eigenvalue weighted by Crippen LogP contribution is 2.37. The lowest BCUT2D eigenvalue weighted by Crippen LogP contribution is -2.25. The van der Waals surface area contributed by atoms with Crippen molar-refractivity contribution in [3.63, 3.8) is 0 Å². The van der Waals surface area contributed by atoms with Gasteiger partial charge in [0.25, 0.3) is 0 Å². The van der Waals surface area contributed by atoms with Crippen molar-refractivity contribution in [3.05, 3.63) is 95.1 Å². The third-order valence-electron chi connectivity index (χ3n) is 4.53. The Kier molecular flexibility index (Phi) is 5.92. The van der Waals surface area contributed by atoms with Gasteiger partial charge in [-0.15, -0.1) is 0 Å². The van der Waals surface area contributed by atoms with E-state index < -0.39 is 46.3 Å². The summed E-state index contributed by atoms with van der Waals surface area (Å²) >= 11 is 0. The average molecular weight is 422 g/mol. The summed E-state index contributed by atoms with van der Waals surface area (Å²) in [6.07, 6.45) is -2.90. The monoisotopic (exact) mass is 422 g/mol. The summed E-state index contributed by atoms with van der Waals surface area (Å²) in [5.74, 6) is -6.46. The van der Waals surface area contributed by atoms with Crippen LogP contribution in [0.4, 0.5) is 26.3 Å². The maximum Gasteiger partial charge on any atom is 0.432 e. The minimum Gasteiger partial charge on any atom is -0.429 e. The molecule has 0 atom stereocenters. The second-order valence-corrected chi connectivity index (χ2v) is 6.49. The van der Waals surface area contributed by atoms with Crippen LogP contribution in [0.25, 0.3) is 17.2 Å². The van der Waals surface area contributed by atoms with E-state index in [0.29, 0.717) is 17.7 Å². The van der Waals surface area contributed by atoms with Gasteiger partial charge in [-0.05, 0) is 35.2 Å². The number of ether oxygens (including phenoxy) is 1. The standard InChI is InChI=1S/C23H16F6O/c1-3-13-5-7-14(8-6-13)15-9-20(26)22(21(27)10-15)23(28,29)30-16-11-18(24)17(4-2)19(25)12-16/h4-12H,2-3H2,1H3. The fourth-order valence-electron chi connectivity index (χ4n) is 2.96. The number of benzene rings is 3. The lowest BCUT2D eigenvalue weighted by molar-refractivity contribution is -0.189. The zero-order valence-electron chi connectivity index (χ0n) is 15.8. The normalized spacial score (nSPS) is 11.4. The predicted octanol–water partition coefficient (Wildman–Crippen LogP) is 7.24. The van der Waals surface area contributed by atoms with Crippen molar-refractivity contribution in [2.24, 2.45) is 0 Å². The van der Waals surface area contributed by atoms with Gasteiger partial charge in [0.05, 0.1) is 0 Å². The van der Waals surface area contributed by atoms with Gasteiger partial charge in [0.1, 0.15) is 34.6 Å². The maximum atomic E-state index is 14.5. The minimum absolute atomic E-state index is 0.0552. The number of halogens is 6. The highest BCUT2D eigenvalue weighted by atomic mass is 19.3. The number of rotatable bonds is 6. The summed E-state index contributed by atoms with van der Waals surface area (Å²) in [6, 6.07) is 9.21. The molecular formula is C23H16F6O. The number of hydrogen-bond donors (Lipinski definition) is 0. The van der Waals surface area contributed by atoms with Crippen LogP contribution in [-0.4, -0.2) is 0 Å². The molecule has 0 amide bonds. The highest BCUT2D eigenvalue weighted by Gasteiger charge is 2.41. The highest BCUT2D eigenvalue weighted by molar-refractivity contribution is 5.64. The first-order valence-corrected chi connectivity index (χ1v) is 8.93. The van der Waals surface area contributed by atoms with Crippen LogP contribution in [0.5, 0.6) is 5.75 Å². The van der Waals surface area contributed by atoms with E-state index >= 15 is 0 Å². The van der Waals surface area contributed by atoms with Crippen molar-refractivity contribution in [1.82, 2.24) is 0 Å². The van der Waals surface area contributed by atoms with Gasteiger partial charge < -0.3 is 4.74 Å². The second-order valence-electron chi connectivity index (χ2n) is 6.49. The molecule has 1 nitrogen and oxygen atoms in total. The Labute approximate surface area is 169 Å². The number of alkyl halides is 2. The molecule has 0 heterocycles. The van der Waals surface area contributed by atoms with Crippen molar-refractivity contribution in [2.75, 3.05) is 0 Å². The fraction of sp³-hybridized carbons (Fsp3) is 0.130. The summed E-state index contributed by atoms with van der Waals surface area (Å²) < 4.78 is 89.6. The van der Waals surface area contributed by atoms with Crippen LogP contribution in [0, 0.1) is 23.3 Å². The first kappa shape index (κ1) is 21.5. The molecule has 7 heteroatoms. The fourth-order valence-corrected chi connectivity index (χ4v) is 2.96. The largest absolute Gasteiger partial charge is 0.432 e. The molecule has 0 aliphatic heterocycles. The average Bonchev–Trinajstić information content (AvgIpc) is 2.66. The van der Waals surface area contributed by atoms with Crippen LogP contribution in [0.2, 0.25) is 0 Å². The Morgan fingerprint density at radius 1 is 0.833 bits per heavy atom. The molecule has 0 radical (unpaired) electrons. The Morgan fingerprint density at radius 2 is 1.37 bits per heavy atom. The molecule has 0 fully saturated rings. The quantitative estimate of drug-likeness (QED) is 0.381. The smallest absolute Gasteiger partial charge is 0.429 e. The molecule has 0 bridgehead atoms. The molecule has 0 aliphatic carbocycles. The first-order chi connectivity index (χ1) is 14.2. The van der Waals surface area contributed by atoms with E-state index in [0.717, 1.165) is 30.2 Å². The van der Waals surface area contributed by atoms with Crippen molar-refractivity contribution in [1.29, 1.82) is 0 Å². The zero-order chi connectivity index (χ0) is 22.1. The van der Waals surface area contributed by atoms with Gasteiger partial charge in [0, 0.05) is 17.7 Å². The third-order valence-corrected chi connectivity index (χ3v) is 4.53. The van der Waals surface area contributed by atoms with Crippen molar-refractivity contribution in [2.45, 2.75) is 19.5 Å². The van der Waals surface area contributed by atoms with E-state index in [-0.39, 0.29) is 5.56 Å². The zero-order valence-corrected chi connectivity index (χ0v) is 15.8. The molecule has 30 heavy (non-hydrogen) atoms. The molecule has 0 spiro atoms. The molecule has 0 N–H and O–H groups in total. The van der Waals surface area contributed by atoms with Crippen molar-refractivity contribution >= 4 is 6.08 Å². The van der Waals surface area contributed by atoms with E-state index in [1.54, 1.807) is 24.3 Å². The summed E-state index contributed by atoms with van der Waals surface area (Å²) in [5, 5.41) is 0. The van der Waals surface area contributed by atoms with E-state index in [2.05, 4.69) is 11.3 Å². The van der Waals surface area contributed by atoms with Gasteiger partial charge in [-0.1, -0.05) is 43.8 Å². The van der Waals surface area contributed by atoms with E-state index in [4.69, 9.17) is 0 Å². The lowest BCUT2D eigenvalue weighted by atomic mass is 10.0. The lowest BCUT2D eigenvalue weighted by Gasteiger charge is -2.20. The Morgan fingerprint density at radius 3 is 1.83 bits per heavy atom. The minimum atomic E-state index is -4.52. The van der Waals surface area contributed by atoms with Crippen LogP contribution in [-0.2, 0) is 12.5 Å². The molecule has 3 rings (SSSR count). The molecule has 0 saturated heterocycles. The van der Waals surface area contributed by atoms with Gasteiger partial charge in [-0.25, -0.2) is 17.6 Å². The third kappa shape index (κ3) is 4.20. The Hall–Kier alpha value is -3.22. The van der Waals surface area contributed by atoms with Gasteiger partial charge in [-0.2, -0.15) is 8.78 Å². The van der Waals surface area contributed by atoms with Crippen molar-refractivity contribution in [3.8, 4) is 16.9 Å². The van der Waals surface area contributed by atoms with Gasteiger partial charge in [0.2, 0.25) is 0 Å². The number of aryl methyl sites for hydroxylation is 1. The SMILES string of the molecule is C=Cc1c(F)cc(OC(F)(F)c2c(F)cc(-c3ccc(CC)cc3)cc2F)cc1F. The summed E-state index contributed by atoms with van der Waals surface area (Å²) in [6.45, 7) is 5.14. The van der Waals surface area contributed by atoms with E-state index in [1.807, 2.05) is 6.92 Å². The molecule has 0 saturated carbocycles. The summed E-state index contributed by atoms with van der Waals surface area (Å²) in [4.78, 5) is 0. The van der Waals surface area contributed by atoms with E-state index in [9.17, 15) is 26.3 Å². The number of hydrogen-bond acceptors (Lipinski definition) is 1. The van der Waals surface area contributed by atoms with Crippen LogP contribution in [0.1, 0.15) is 23.6 Å². The van der Waals surface area contributed by atoms with Crippen LogP contribution in [0.15, 0.2) is 55.1 Å². The topological polar surface area (TPSA) is 9.23 Å². The molecule has 0 aromatic heterocycles. The van der Waals surface area contributed by atoms with Crippen LogP contribution in [0.3, 0.4) is 0 Å². The van der Waals surface area contributed by atoms with Gasteiger partial charge >= 0.3 is 6.11 Å². The first-order valence-electron chi connectivity index (χ1n) is 8.93. The molecular weight excluding hydrogens is 406 g/mol. The predicted molar refractivity (Wildman–Crippen MR) is 102 cm³/mol. The molecule has 0 aliphatic rings. The molecule has 156 valence electrons. The maximum absolute atomic E-state index is 14.5. The van der Waals surface area contributed by atoms with Crippen LogP contribution < -0.4 is 4.74 Å². The van der Waals surface area contributed by atoms with Gasteiger partial charge in [0.15, 0.2) is 0 Å². The summed E-state index contributed by atoms with van der Waals surface area (Å²) in [7, 11) is 0. The molecule has 3 aromatic rings. The molecule has 0 unspecified atom stereocenters. The van der Waals surface area contributed by atoms with E-state index in [1.165, 1.54) is 0 Å². The van der Waals surface area contributed by atoms with Crippen LogP contribution >= 0.6 is 0 Å². The second kappa shape index (κ2) is 8.26. The van der Waals surface area contributed by atoms with Gasteiger partial charge in [-0.3, -0.25) is 0 Å². The van der Waals surface area contributed by atoms with Crippen molar-refractivity contribution < 1.29 is 31.1 Å². The Balaban J connectivity index is 1.96. The summed E-state index contributed by atoms with van der Waals surface area (Å²) in [5.41, 5.74) is -0.714. The Bertz CT molecular complexity index is 1040.